The fourth-order valence-electron chi connectivity index (χ4n) is 1.87. The van der Waals surface area contributed by atoms with Gasteiger partial charge in [0.15, 0.2) is 6.10 Å². The predicted molar refractivity (Wildman–Crippen MR) is 88.0 cm³/mol. The molecule has 0 aliphatic heterocycles. The van der Waals surface area contributed by atoms with Crippen molar-refractivity contribution in [1.29, 1.82) is 0 Å². The maximum absolute atomic E-state index is 12.0. The van der Waals surface area contributed by atoms with Crippen LogP contribution in [-0.2, 0) is 20.7 Å². The molecule has 0 unspecified atom stereocenters. The molecule has 22 heavy (non-hydrogen) atoms. The number of ether oxygens (including phenoxy) is 1. The second kappa shape index (κ2) is 7.75. The van der Waals surface area contributed by atoms with Crippen molar-refractivity contribution in [1.82, 2.24) is 0 Å². The summed E-state index contributed by atoms with van der Waals surface area (Å²) < 4.78 is 5.16. The van der Waals surface area contributed by atoms with E-state index < -0.39 is 6.10 Å². The Morgan fingerprint density at radius 3 is 2.59 bits per heavy atom. The predicted octanol–water partition coefficient (Wildman–Crippen LogP) is 3.56. The highest BCUT2D eigenvalue weighted by atomic mass is 32.1. The lowest BCUT2D eigenvalue weighted by Gasteiger charge is -2.13. The number of anilines is 1. The Morgan fingerprint density at radius 1 is 1.23 bits per heavy atom. The zero-order valence-corrected chi connectivity index (χ0v) is 13.5. The minimum atomic E-state index is -0.809. The first-order valence-electron chi connectivity index (χ1n) is 7.12. The Bertz CT molecular complexity index is 620. The molecule has 0 saturated carbocycles. The van der Waals surface area contributed by atoms with Crippen LogP contribution in [0.3, 0.4) is 0 Å². The number of rotatable bonds is 6. The van der Waals surface area contributed by atoms with Crippen LogP contribution >= 0.6 is 11.3 Å². The molecule has 0 aliphatic rings. The molecule has 2 aromatic rings. The summed E-state index contributed by atoms with van der Waals surface area (Å²) in [5.41, 5.74) is 2.92. The van der Waals surface area contributed by atoms with Gasteiger partial charge in [0.1, 0.15) is 0 Å². The van der Waals surface area contributed by atoms with Crippen molar-refractivity contribution in [3.63, 3.8) is 0 Å². The molecule has 1 aromatic carbocycles. The summed E-state index contributed by atoms with van der Waals surface area (Å²) in [5, 5.41) is 6.70. The van der Waals surface area contributed by atoms with Gasteiger partial charge in [0.25, 0.3) is 5.91 Å². The number of nitrogens with one attached hydrogen (secondary N) is 1. The van der Waals surface area contributed by atoms with Gasteiger partial charge in [-0.1, -0.05) is 17.7 Å². The van der Waals surface area contributed by atoms with Crippen molar-refractivity contribution < 1.29 is 14.3 Å². The van der Waals surface area contributed by atoms with Gasteiger partial charge in [0, 0.05) is 12.1 Å². The molecule has 0 saturated heterocycles. The van der Waals surface area contributed by atoms with Crippen molar-refractivity contribution >= 4 is 28.9 Å². The van der Waals surface area contributed by atoms with Gasteiger partial charge in [0.2, 0.25) is 0 Å². The van der Waals surface area contributed by atoms with Crippen LogP contribution in [-0.4, -0.2) is 18.0 Å². The topological polar surface area (TPSA) is 55.4 Å². The van der Waals surface area contributed by atoms with Gasteiger partial charge in [0.05, 0.1) is 0 Å². The Hall–Kier alpha value is -2.14. The number of benzene rings is 1. The van der Waals surface area contributed by atoms with Crippen LogP contribution < -0.4 is 5.32 Å². The minimum Gasteiger partial charge on any atom is -0.453 e. The van der Waals surface area contributed by atoms with Gasteiger partial charge in [-0.15, -0.1) is 0 Å². The Morgan fingerprint density at radius 2 is 1.95 bits per heavy atom. The van der Waals surface area contributed by atoms with Crippen molar-refractivity contribution in [2.75, 3.05) is 5.32 Å². The summed E-state index contributed by atoms with van der Waals surface area (Å²) >= 11 is 1.60. The summed E-state index contributed by atoms with van der Waals surface area (Å²) in [6, 6.07) is 9.43. The van der Waals surface area contributed by atoms with Gasteiger partial charge < -0.3 is 10.1 Å². The smallest absolute Gasteiger partial charge is 0.306 e. The van der Waals surface area contributed by atoms with Gasteiger partial charge >= 0.3 is 5.97 Å². The van der Waals surface area contributed by atoms with Crippen LogP contribution in [0.15, 0.2) is 41.1 Å². The van der Waals surface area contributed by atoms with Crippen molar-refractivity contribution in [3.8, 4) is 0 Å². The Kier molecular flexibility index (Phi) is 5.72. The molecule has 0 bridgehead atoms. The maximum Gasteiger partial charge on any atom is 0.306 e. The summed E-state index contributed by atoms with van der Waals surface area (Å²) in [5.74, 6) is -0.689. The lowest BCUT2D eigenvalue weighted by molar-refractivity contribution is -0.153. The van der Waals surface area contributed by atoms with E-state index >= 15 is 0 Å². The summed E-state index contributed by atoms with van der Waals surface area (Å²) in [7, 11) is 0. The molecule has 1 atom stereocenters. The number of hydrogen-bond acceptors (Lipinski definition) is 4. The molecule has 1 heterocycles. The molecule has 0 spiro atoms. The normalized spacial score (nSPS) is 11.7. The van der Waals surface area contributed by atoms with Gasteiger partial charge in [-0.2, -0.15) is 11.3 Å². The van der Waals surface area contributed by atoms with Crippen LogP contribution in [0, 0.1) is 6.92 Å². The van der Waals surface area contributed by atoms with E-state index in [0.29, 0.717) is 12.1 Å². The van der Waals surface area contributed by atoms with E-state index in [1.54, 1.807) is 18.3 Å². The molecule has 0 aliphatic carbocycles. The molecule has 1 N–H and O–H groups in total. The quantitative estimate of drug-likeness (QED) is 0.829. The molecule has 116 valence electrons. The van der Waals surface area contributed by atoms with E-state index in [1.807, 2.05) is 48.0 Å². The van der Waals surface area contributed by atoms with Crippen molar-refractivity contribution in [3.05, 3.63) is 52.2 Å². The second-order valence-corrected chi connectivity index (χ2v) is 5.90. The number of amides is 1. The minimum absolute atomic E-state index is 0.277. The zero-order valence-electron chi connectivity index (χ0n) is 12.7. The average molecular weight is 317 g/mol. The average Bonchev–Trinajstić information content (AvgIpc) is 3.01. The van der Waals surface area contributed by atoms with E-state index in [0.717, 1.165) is 11.1 Å². The monoisotopic (exact) mass is 317 g/mol. The first kappa shape index (κ1) is 16.2. The lowest BCUT2D eigenvalue weighted by Crippen LogP contribution is -2.30. The number of carbonyl (C=O) groups excluding carboxylic acids is 2. The highest BCUT2D eigenvalue weighted by molar-refractivity contribution is 7.07. The van der Waals surface area contributed by atoms with Gasteiger partial charge in [-0.05, 0) is 54.8 Å². The van der Waals surface area contributed by atoms with Crippen LogP contribution in [0.2, 0.25) is 0 Å². The molecular weight excluding hydrogens is 298 g/mol. The number of hydrogen-bond donors (Lipinski definition) is 1. The van der Waals surface area contributed by atoms with E-state index in [-0.39, 0.29) is 18.3 Å². The first-order chi connectivity index (χ1) is 10.5. The molecule has 1 amide bonds. The van der Waals surface area contributed by atoms with Gasteiger partial charge in [-0.3, -0.25) is 9.59 Å². The number of thiophene rings is 1. The molecule has 1 aromatic heterocycles. The molecule has 4 nitrogen and oxygen atoms in total. The highest BCUT2D eigenvalue weighted by Crippen LogP contribution is 2.11. The summed E-state index contributed by atoms with van der Waals surface area (Å²) in [4.78, 5) is 23.7. The number of carbonyl (C=O) groups is 2. The molecule has 0 radical (unpaired) electrons. The third-order valence-electron chi connectivity index (χ3n) is 3.19. The van der Waals surface area contributed by atoms with Crippen LogP contribution in [0.5, 0.6) is 0 Å². The van der Waals surface area contributed by atoms with Crippen LogP contribution in [0.25, 0.3) is 0 Å². The Balaban J connectivity index is 1.77. The third kappa shape index (κ3) is 5.00. The molecule has 5 heteroatoms. The molecular formula is C17H19NO3S. The largest absolute Gasteiger partial charge is 0.453 e. The summed E-state index contributed by atoms with van der Waals surface area (Å²) in [6.45, 7) is 3.55. The van der Waals surface area contributed by atoms with E-state index in [1.165, 1.54) is 0 Å². The van der Waals surface area contributed by atoms with E-state index in [9.17, 15) is 9.59 Å². The lowest BCUT2D eigenvalue weighted by atomic mass is 10.2. The fraction of sp³-hybridized carbons (Fsp3) is 0.294. The van der Waals surface area contributed by atoms with Crippen LogP contribution in [0.4, 0.5) is 5.69 Å². The Labute approximate surface area is 134 Å². The van der Waals surface area contributed by atoms with E-state index in [4.69, 9.17) is 4.74 Å². The maximum atomic E-state index is 12.0. The summed E-state index contributed by atoms with van der Waals surface area (Å²) in [6.07, 6.45) is 0.101. The highest BCUT2D eigenvalue weighted by Gasteiger charge is 2.17. The molecule has 0 fully saturated rings. The zero-order chi connectivity index (χ0) is 15.9. The standard InChI is InChI=1S/C17H19NO3S/c1-12-3-6-15(7-4-12)18-17(20)13(2)21-16(19)8-5-14-9-10-22-11-14/h3-4,6-7,9-11,13H,5,8H2,1-2H3,(H,18,20)/t13-/m1/s1. The third-order valence-corrected chi connectivity index (χ3v) is 3.93. The van der Waals surface area contributed by atoms with Crippen molar-refractivity contribution in [2.45, 2.75) is 32.8 Å². The SMILES string of the molecule is Cc1ccc(NC(=O)[C@@H](C)OC(=O)CCc2ccsc2)cc1. The molecule has 2 rings (SSSR count). The first-order valence-corrected chi connectivity index (χ1v) is 8.07. The number of aryl methyl sites for hydroxylation is 2. The van der Waals surface area contributed by atoms with Crippen molar-refractivity contribution in [2.24, 2.45) is 0 Å². The van der Waals surface area contributed by atoms with Crippen LogP contribution in [0.1, 0.15) is 24.5 Å². The van der Waals surface area contributed by atoms with Gasteiger partial charge in [-0.25, -0.2) is 0 Å². The number of esters is 1. The fourth-order valence-corrected chi connectivity index (χ4v) is 2.57. The van der Waals surface area contributed by atoms with E-state index in [2.05, 4.69) is 5.32 Å². The second-order valence-electron chi connectivity index (χ2n) is 5.12.